The molecule has 0 radical (unpaired) electrons. The summed E-state index contributed by atoms with van der Waals surface area (Å²) in [7, 11) is 0. The minimum atomic E-state index is -0.187. The van der Waals surface area contributed by atoms with Gasteiger partial charge in [0.25, 0.3) is 0 Å². The Bertz CT molecular complexity index is 2060. The van der Waals surface area contributed by atoms with Crippen LogP contribution in [0, 0.1) is 17.4 Å². The third-order valence-electron chi connectivity index (χ3n) is 8.00. The van der Waals surface area contributed by atoms with E-state index in [0.717, 1.165) is 44.5 Å². The normalized spacial score (nSPS) is 11.7. The van der Waals surface area contributed by atoms with Crippen LogP contribution in [-0.4, -0.2) is 19.6 Å². The molecule has 0 spiro atoms. The molecule has 0 saturated heterocycles. The predicted molar refractivity (Wildman–Crippen MR) is 178 cm³/mol. The van der Waals surface area contributed by atoms with E-state index in [2.05, 4.69) is 64.3 Å². The Morgan fingerprint density at radius 2 is 1.49 bits per heavy atom. The van der Waals surface area contributed by atoms with Crippen LogP contribution in [0.5, 0.6) is 5.75 Å². The number of aromatic hydroxyl groups is 1. The molecule has 2 heterocycles. The summed E-state index contributed by atoms with van der Waals surface area (Å²) in [5.41, 5.74) is 8.98. The second-order valence-electron chi connectivity index (χ2n) is 13.2. The minimum absolute atomic E-state index is 0. The van der Waals surface area contributed by atoms with Gasteiger partial charge in [-0.3, -0.25) is 9.55 Å². The molecule has 0 aliphatic heterocycles. The van der Waals surface area contributed by atoms with E-state index in [9.17, 15) is 10.4 Å². The van der Waals surface area contributed by atoms with Gasteiger partial charge in [-0.05, 0) is 52.3 Å². The van der Waals surface area contributed by atoms with Crippen molar-refractivity contribution in [3.05, 3.63) is 120 Å². The molecule has 6 heteroatoms. The zero-order valence-corrected chi connectivity index (χ0v) is 28.6. The molecule has 1 N–H and O–H groups in total. The van der Waals surface area contributed by atoms with E-state index in [-0.39, 0.29) is 37.6 Å². The fourth-order valence-corrected chi connectivity index (χ4v) is 5.59. The average Bonchev–Trinajstić information content (AvgIpc) is 3.40. The first kappa shape index (κ1) is 31.9. The van der Waals surface area contributed by atoms with Gasteiger partial charge in [-0.25, -0.2) is 4.98 Å². The molecule has 0 atom stereocenters. The maximum Gasteiger partial charge on any atom is 0.148 e. The zero-order valence-electron chi connectivity index (χ0n) is 26.3. The SMILES string of the molecule is CC(C)(C)c1ccc(O)c(-c2nc3c(-c4[c-]c(-c5cc(C#N)c(C(C)(C)C)cn5)ccc4)cccc3n2-c2ccccc2)c1.[Pt]. The van der Waals surface area contributed by atoms with Gasteiger partial charge in [0.05, 0.1) is 28.2 Å². The monoisotopic (exact) mass is 770 g/mol. The molecule has 6 rings (SSSR count). The summed E-state index contributed by atoms with van der Waals surface area (Å²) in [6.07, 6.45) is 1.81. The van der Waals surface area contributed by atoms with Crippen LogP contribution in [-0.2, 0) is 31.9 Å². The van der Waals surface area contributed by atoms with Crippen molar-refractivity contribution in [2.75, 3.05) is 0 Å². The number of hydrogen-bond acceptors (Lipinski definition) is 4. The quantitative estimate of drug-likeness (QED) is 0.182. The van der Waals surface area contributed by atoms with Gasteiger partial charge in [-0.1, -0.05) is 95.1 Å². The van der Waals surface area contributed by atoms with Crippen molar-refractivity contribution in [1.82, 2.24) is 14.5 Å². The standard InChI is InChI=1S/C39H35N4O.Pt/c1-38(2,3)28-18-19-35(44)31(22-28)37-42-36-30(16-11-17-34(36)43(37)29-14-8-7-9-15-29)25-12-10-13-26(20-25)33-21-27(23-40)32(24-41-33)39(4,5)6;/h7-19,21-22,24,44H,1-6H3;/q-1;. The number of benzene rings is 4. The van der Waals surface area contributed by atoms with Gasteiger partial charge < -0.3 is 5.11 Å². The van der Waals surface area contributed by atoms with Crippen LogP contribution in [0.2, 0.25) is 0 Å². The smallest absolute Gasteiger partial charge is 0.148 e. The van der Waals surface area contributed by atoms with E-state index >= 15 is 0 Å². The van der Waals surface area contributed by atoms with E-state index < -0.39 is 0 Å². The molecule has 2 aromatic heterocycles. The van der Waals surface area contributed by atoms with Crippen LogP contribution in [0.25, 0.3) is 50.5 Å². The molecule has 6 aromatic rings. The number of nitrogens with zero attached hydrogens (tertiary/aromatic N) is 4. The Kier molecular flexibility index (Phi) is 8.58. The van der Waals surface area contributed by atoms with Crippen LogP contribution in [0.4, 0.5) is 0 Å². The van der Waals surface area contributed by atoms with Crippen LogP contribution < -0.4 is 0 Å². The molecule has 0 fully saturated rings. The predicted octanol–water partition coefficient (Wildman–Crippen LogP) is 9.39. The van der Waals surface area contributed by atoms with Crippen molar-refractivity contribution in [3.63, 3.8) is 0 Å². The Morgan fingerprint density at radius 1 is 0.778 bits per heavy atom. The molecule has 0 aliphatic carbocycles. The molecule has 5 nitrogen and oxygen atoms in total. The number of phenolic OH excluding ortho intramolecular Hbond substituents is 1. The molecule has 45 heavy (non-hydrogen) atoms. The molecule has 0 aliphatic rings. The number of phenols is 1. The van der Waals surface area contributed by atoms with Gasteiger partial charge in [-0.2, -0.15) is 5.26 Å². The largest absolute Gasteiger partial charge is 0.507 e. The molecule has 0 bridgehead atoms. The Balaban J connectivity index is 0.00000400. The third kappa shape index (κ3) is 6.08. The van der Waals surface area contributed by atoms with Crippen molar-refractivity contribution in [3.8, 4) is 51.3 Å². The Hall–Kier alpha value is -4.52. The molecule has 4 aromatic carbocycles. The summed E-state index contributed by atoms with van der Waals surface area (Å²) >= 11 is 0. The summed E-state index contributed by atoms with van der Waals surface area (Å²) in [6.45, 7) is 12.7. The minimum Gasteiger partial charge on any atom is -0.507 e. The average molecular weight is 771 g/mol. The van der Waals surface area contributed by atoms with Crippen molar-refractivity contribution in [2.45, 2.75) is 52.4 Å². The Morgan fingerprint density at radius 3 is 2.18 bits per heavy atom. The van der Waals surface area contributed by atoms with Crippen LogP contribution in [0.1, 0.15) is 58.2 Å². The molecule has 0 amide bonds. The van der Waals surface area contributed by atoms with E-state index in [0.29, 0.717) is 22.6 Å². The van der Waals surface area contributed by atoms with Crippen molar-refractivity contribution < 1.29 is 26.2 Å². The van der Waals surface area contributed by atoms with Gasteiger partial charge >= 0.3 is 0 Å². The zero-order chi connectivity index (χ0) is 31.2. The van der Waals surface area contributed by atoms with Crippen molar-refractivity contribution >= 4 is 11.0 Å². The van der Waals surface area contributed by atoms with Crippen LogP contribution in [0.15, 0.2) is 97.2 Å². The fourth-order valence-electron chi connectivity index (χ4n) is 5.59. The van der Waals surface area contributed by atoms with Crippen molar-refractivity contribution in [1.29, 1.82) is 5.26 Å². The number of nitriles is 1. The molecule has 0 saturated carbocycles. The maximum absolute atomic E-state index is 11.1. The van der Waals surface area contributed by atoms with Gasteiger partial charge in [0.15, 0.2) is 0 Å². The Labute approximate surface area is 279 Å². The summed E-state index contributed by atoms with van der Waals surface area (Å²) in [4.78, 5) is 9.94. The number of aromatic nitrogens is 3. The molecular weight excluding hydrogens is 736 g/mol. The number of fused-ring (bicyclic) bond motifs is 1. The fraction of sp³-hybridized carbons (Fsp3) is 0.205. The molecular formula is C39H35N4OPt-. The van der Waals surface area contributed by atoms with E-state index in [1.807, 2.05) is 78.9 Å². The number of imidazole rings is 1. The second kappa shape index (κ2) is 12.1. The van der Waals surface area contributed by atoms with E-state index in [1.54, 1.807) is 12.3 Å². The number of para-hydroxylation sites is 2. The number of pyridine rings is 1. The van der Waals surface area contributed by atoms with Gasteiger partial charge in [-0.15, -0.1) is 29.8 Å². The number of hydrogen-bond donors (Lipinski definition) is 1. The summed E-state index contributed by atoms with van der Waals surface area (Å²) in [5.74, 6) is 0.843. The first-order chi connectivity index (χ1) is 21.0. The first-order valence-corrected chi connectivity index (χ1v) is 14.8. The second-order valence-corrected chi connectivity index (χ2v) is 13.2. The van der Waals surface area contributed by atoms with Gasteiger partial charge in [0.1, 0.15) is 11.6 Å². The first-order valence-electron chi connectivity index (χ1n) is 14.8. The van der Waals surface area contributed by atoms with E-state index in [1.165, 1.54) is 0 Å². The van der Waals surface area contributed by atoms with Crippen LogP contribution >= 0.6 is 0 Å². The third-order valence-corrected chi connectivity index (χ3v) is 8.00. The van der Waals surface area contributed by atoms with Crippen LogP contribution in [0.3, 0.4) is 0 Å². The van der Waals surface area contributed by atoms with Crippen molar-refractivity contribution in [2.24, 2.45) is 0 Å². The summed E-state index contributed by atoms with van der Waals surface area (Å²) in [6, 6.07) is 35.7. The van der Waals surface area contributed by atoms with E-state index in [4.69, 9.17) is 9.97 Å². The summed E-state index contributed by atoms with van der Waals surface area (Å²) < 4.78 is 2.11. The number of rotatable bonds is 4. The topological polar surface area (TPSA) is 74.7 Å². The summed E-state index contributed by atoms with van der Waals surface area (Å²) in [5, 5.41) is 21.0. The molecule has 228 valence electrons. The molecule has 0 unspecified atom stereocenters. The van der Waals surface area contributed by atoms with Gasteiger partial charge in [0, 0.05) is 38.6 Å². The van der Waals surface area contributed by atoms with Gasteiger partial charge in [0.2, 0.25) is 0 Å². The maximum atomic E-state index is 11.1.